The van der Waals surface area contributed by atoms with Crippen LogP contribution < -0.4 is 5.56 Å². The van der Waals surface area contributed by atoms with Gasteiger partial charge in [-0.2, -0.15) is 0 Å². The van der Waals surface area contributed by atoms with Gasteiger partial charge >= 0.3 is 11.9 Å². The molecule has 6 heteroatoms. The zero-order valence-electron chi connectivity index (χ0n) is 12.6. The minimum absolute atomic E-state index is 0.120. The van der Waals surface area contributed by atoms with Gasteiger partial charge in [-0.25, -0.2) is 9.59 Å². The summed E-state index contributed by atoms with van der Waals surface area (Å²) < 4.78 is 5.76. The van der Waals surface area contributed by atoms with Crippen LogP contribution >= 0.6 is 0 Å². The summed E-state index contributed by atoms with van der Waals surface area (Å²) >= 11 is 0. The number of aromatic carboxylic acids is 1. The zero-order chi connectivity index (χ0) is 17.0. The Hall–Kier alpha value is -3.15. The highest BCUT2D eigenvalue weighted by atomic mass is 16.5. The number of rotatable bonds is 4. The van der Waals surface area contributed by atoms with Gasteiger partial charge in [-0.3, -0.25) is 9.36 Å². The molecule has 0 saturated carbocycles. The molecule has 6 nitrogen and oxygen atoms in total. The van der Waals surface area contributed by atoms with Crippen molar-refractivity contribution in [1.29, 1.82) is 0 Å². The van der Waals surface area contributed by atoms with E-state index in [0.717, 1.165) is 6.08 Å². The third-order valence-corrected chi connectivity index (χ3v) is 3.29. The lowest BCUT2D eigenvalue weighted by atomic mass is 10.00. The molecule has 0 aliphatic heterocycles. The number of hydrogen-bond donors (Lipinski definition) is 1. The number of carbonyl (C=O) groups excluding carboxylic acids is 1. The average molecular weight is 313 g/mol. The van der Waals surface area contributed by atoms with Crippen LogP contribution in [0.4, 0.5) is 0 Å². The maximum absolute atomic E-state index is 12.2. The quantitative estimate of drug-likeness (QED) is 0.690. The van der Waals surface area contributed by atoms with Crippen molar-refractivity contribution in [1.82, 2.24) is 4.57 Å². The highest BCUT2D eigenvalue weighted by Crippen LogP contribution is 2.23. The predicted molar refractivity (Wildman–Crippen MR) is 85.2 cm³/mol. The van der Waals surface area contributed by atoms with Crippen LogP contribution in [0.2, 0.25) is 0 Å². The summed E-state index contributed by atoms with van der Waals surface area (Å²) in [4.78, 5) is 34.7. The van der Waals surface area contributed by atoms with Crippen molar-refractivity contribution in [2.24, 2.45) is 0 Å². The Morgan fingerprint density at radius 3 is 2.52 bits per heavy atom. The summed E-state index contributed by atoms with van der Waals surface area (Å²) in [6, 6.07) is 9.48. The van der Waals surface area contributed by atoms with Gasteiger partial charge in [-0.1, -0.05) is 18.2 Å². The van der Waals surface area contributed by atoms with E-state index >= 15 is 0 Å². The fraction of sp³-hybridized carbons (Fsp3) is 0.118. The molecule has 0 bridgehead atoms. The summed E-state index contributed by atoms with van der Waals surface area (Å²) in [5.41, 5.74) is 1.28. The summed E-state index contributed by atoms with van der Waals surface area (Å²) in [5, 5.41) is 9.25. The van der Waals surface area contributed by atoms with Gasteiger partial charge in [0.15, 0.2) is 0 Å². The van der Waals surface area contributed by atoms with Gasteiger partial charge < -0.3 is 9.84 Å². The number of nitrogens with zero attached hydrogens (tertiary/aromatic N) is 1. The lowest BCUT2D eigenvalue weighted by Crippen LogP contribution is -2.17. The largest absolute Gasteiger partial charge is 0.478 e. The zero-order valence-corrected chi connectivity index (χ0v) is 12.6. The van der Waals surface area contributed by atoms with Gasteiger partial charge in [-0.05, 0) is 30.2 Å². The topological polar surface area (TPSA) is 85.6 Å². The number of hydrogen-bond acceptors (Lipinski definition) is 4. The molecule has 0 aliphatic carbocycles. The highest BCUT2D eigenvalue weighted by molar-refractivity contribution is 5.96. The minimum Gasteiger partial charge on any atom is -0.478 e. The van der Waals surface area contributed by atoms with Crippen LogP contribution in [-0.4, -0.2) is 28.7 Å². The van der Waals surface area contributed by atoms with Crippen LogP contribution in [-0.2, 0) is 9.53 Å². The fourth-order valence-electron chi connectivity index (χ4n) is 2.18. The molecule has 2 rings (SSSR count). The molecule has 1 heterocycles. The summed E-state index contributed by atoms with van der Waals surface area (Å²) in [7, 11) is 1.24. The second-order valence-corrected chi connectivity index (χ2v) is 4.78. The van der Waals surface area contributed by atoms with Gasteiger partial charge in [0.05, 0.1) is 12.7 Å². The van der Waals surface area contributed by atoms with Crippen LogP contribution in [0.1, 0.15) is 16.1 Å². The second kappa shape index (κ2) is 6.74. The van der Waals surface area contributed by atoms with Crippen molar-refractivity contribution in [3.8, 4) is 11.1 Å². The number of pyridine rings is 1. The molecule has 0 fully saturated rings. The molecule has 1 aromatic carbocycles. The normalized spacial score (nSPS) is 10.7. The van der Waals surface area contributed by atoms with Crippen LogP contribution in [0.15, 0.2) is 47.3 Å². The molecule has 0 amide bonds. The maximum atomic E-state index is 12.2. The van der Waals surface area contributed by atoms with E-state index in [0.29, 0.717) is 16.8 Å². The molecular weight excluding hydrogens is 298 g/mol. The van der Waals surface area contributed by atoms with E-state index in [4.69, 9.17) is 0 Å². The maximum Gasteiger partial charge on any atom is 0.336 e. The van der Waals surface area contributed by atoms with E-state index in [-0.39, 0.29) is 11.1 Å². The van der Waals surface area contributed by atoms with E-state index < -0.39 is 11.9 Å². The lowest BCUT2D eigenvalue weighted by Gasteiger charge is -2.10. The number of benzene rings is 1. The number of carbonyl (C=O) groups is 2. The van der Waals surface area contributed by atoms with Crippen molar-refractivity contribution in [2.75, 3.05) is 7.11 Å². The Kier molecular flexibility index (Phi) is 4.75. The van der Waals surface area contributed by atoms with Crippen molar-refractivity contribution in [2.45, 2.75) is 6.92 Å². The Morgan fingerprint density at radius 2 is 1.91 bits per heavy atom. The van der Waals surface area contributed by atoms with Gasteiger partial charge in [0.1, 0.15) is 0 Å². The molecule has 118 valence electrons. The number of carboxylic acid groups (broad SMARTS) is 1. The molecule has 0 aliphatic rings. The molecule has 0 saturated heterocycles. The Balaban J connectivity index is 2.53. The van der Waals surface area contributed by atoms with E-state index in [1.54, 1.807) is 31.2 Å². The molecule has 0 radical (unpaired) electrons. The van der Waals surface area contributed by atoms with Crippen molar-refractivity contribution in [3.05, 3.63) is 64.1 Å². The first-order valence-corrected chi connectivity index (χ1v) is 6.76. The number of esters is 1. The van der Waals surface area contributed by atoms with Crippen LogP contribution in [0.3, 0.4) is 0 Å². The number of aromatic nitrogens is 1. The smallest absolute Gasteiger partial charge is 0.336 e. The Bertz CT molecular complexity index is 848. The standard InChI is InChI=1S/C17H15NO5/c1-11-9-12(13-5-3-4-6-14(13)17(21)22)10-15(19)18(11)8-7-16(20)23-2/h3-10H,1-2H3,(H,21,22)/b8-7+. The summed E-state index contributed by atoms with van der Waals surface area (Å²) in [6.07, 6.45) is 2.45. The highest BCUT2D eigenvalue weighted by Gasteiger charge is 2.12. The molecule has 23 heavy (non-hydrogen) atoms. The molecule has 1 aromatic heterocycles. The molecular formula is C17H15NO5. The molecule has 0 spiro atoms. The molecule has 0 atom stereocenters. The summed E-state index contributed by atoms with van der Waals surface area (Å²) in [6.45, 7) is 1.69. The predicted octanol–water partition coefficient (Wildman–Crippen LogP) is 2.17. The second-order valence-electron chi connectivity index (χ2n) is 4.78. The first kappa shape index (κ1) is 16.2. The van der Waals surface area contributed by atoms with Crippen LogP contribution in [0, 0.1) is 6.92 Å². The average Bonchev–Trinajstić information content (AvgIpc) is 2.53. The third kappa shape index (κ3) is 3.55. The molecule has 1 N–H and O–H groups in total. The first-order valence-electron chi connectivity index (χ1n) is 6.76. The van der Waals surface area contributed by atoms with Crippen molar-refractivity contribution < 1.29 is 19.4 Å². The van der Waals surface area contributed by atoms with Gasteiger partial charge in [0, 0.05) is 24.0 Å². The fourth-order valence-corrected chi connectivity index (χ4v) is 2.18. The van der Waals surface area contributed by atoms with E-state index in [2.05, 4.69) is 4.74 Å². The number of carboxylic acids is 1. The first-order chi connectivity index (χ1) is 10.9. The lowest BCUT2D eigenvalue weighted by molar-refractivity contribution is -0.134. The molecule has 0 unspecified atom stereocenters. The molecule has 2 aromatic rings. The SMILES string of the molecule is COC(=O)/C=C/n1c(C)cc(-c2ccccc2C(=O)O)cc1=O. The third-order valence-electron chi connectivity index (χ3n) is 3.29. The summed E-state index contributed by atoms with van der Waals surface area (Å²) in [5.74, 6) is -1.63. The van der Waals surface area contributed by atoms with Crippen molar-refractivity contribution in [3.63, 3.8) is 0 Å². The van der Waals surface area contributed by atoms with E-state index in [9.17, 15) is 19.5 Å². The number of aryl methyl sites for hydroxylation is 1. The monoisotopic (exact) mass is 313 g/mol. The Labute approximate surface area is 132 Å². The van der Waals surface area contributed by atoms with E-state index in [1.807, 2.05) is 0 Å². The number of methoxy groups -OCH3 is 1. The van der Waals surface area contributed by atoms with E-state index in [1.165, 1.54) is 30.0 Å². The van der Waals surface area contributed by atoms with Gasteiger partial charge in [0.2, 0.25) is 0 Å². The Morgan fingerprint density at radius 1 is 1.22 bits per heavy atom. The minimum atomic E-state index is -1.06. The van der Waals surface area contributed by atoms with Gasteiger partial charge in [0.25, 0.3) is 5.56 Å². The number of ether oxygens (including phenoxy) is 1. The van der Waals surface area contributed by atoms with Crippen molar-refractivity contribution >= 4 is 18.1 Å². The van der Waals surface area contributed by atoms with Crippen LogP contribution in [0.25, 0.3) is 17.3 Å². The van der Waals surface area contributed by atoms with Gasteiger partial charge in [-0.15, -0.1) is 0 Å². The van der Waals surface area contributed by atoms with Crippen LogP contribution in [0.5, 0.6) is 0 Å².